The number of halogens is 1. The van der Waals surface area contributed by atoms with Crippen LogP contribution in [0.5, 0.6) is 11.6 Å². The number of amides is 2. The highest BCUT2D eigenvalue weighted by atomic mass is 35.5. The molecule has 0 saturated heterocycles. The number of aromatic nitrogens is 2. The van der Waals surface area contributed by atoms with Crippen molar-refractivity contribution < 1.29 is 19.2 Å². The minimum atomic E-state index is -0.364. The van der Waals surface area contributed by atoms with E-state index in [4.69, 9.17) is 21.2 Å². The molecule has 1 aliphatic rings. The SMILES string of the molecule is C=CC(=O)Nc1ccccc1Oc1nc(NC2CCCC(C(=O)NOC)C2)ncc1Cl. The zero-order valence-corrected chi connectivity index (χ0v) is 17.8. The molecule has 2 unspecified atom stereocenters. The molecule has 10 heteroatoms. The number of hydrogen-bond donors (Lipinski definition) is 3. The van der Waals surface area contributed by atoms with Gasteiger partial charge in [0.15, 0.2) is 5.75 Å². The highest BCUT2D eigenvalue weighted by Crippen LogP contribution is 2.33. The second-order valence-electron chi connectivity index (χ2n) is 7.01. The molecule has 31 heavy (non-hydrogen) atoms. The van der Waals surface area contributed by atoms with Gasteiger partial charge in [-0.3, -0.25) is 14.4 Å². The average molecular weight is 446 g/mol. The average Bonchev–Trinajstić information content (AvgIpc) is 2.77. The van der Waals surface area contributed by atoms with E-state index in [0.717, 1.165) is 19.3 Å². The molecule has 0 radical (unpaired) electrons. The maximum atomic E-state index is 12.1. The van der Waals surface area contributed by atoms with Crippen LogP contribution in [-0.2, 0) is 14.4 Å². The van der Waals surface area contributed by atoms with Crippen LogP contribution in [0.4, 0.5) is 11.6 Å². The Morgan fingerprint density at radius 3 is 2.87 bits per heavy atom. The number of rotatable bonds is 8. The number of hydroxylamine groups is 1. The molecule has 0 aliphatic heterocycles. The topological polar surface area (TPSA) is 114 Å². The number of para-hydroxylation sites is 2. The van der Waals surface area contributed by atoms with Crippen molar-refractivity contribution >= 4 is 35.1 Å². The molecule has 1 aromatic carbocycles. The van der Waals surface area contributed by atoms with Gasteiger partial charge in [0.1, 0.15) is 5.02 Å². The molecular weight excluding hydrogens is 422 g/mol. The number of nitrogens with one attached hydrogen (secondary N) is 3. The van der Waals surface area contributed by atoms with Crippen molar-refractivity contribution in [2.45, 2.75) is 31.7 Å². The first-order chi connectivity index (χ1) is 15.0. The first kappa shape index (κ1) is 22.5. The lowest BCUT2D eigenvalue weighted by molar-refractivity contribution is -0.136. The second-order valence-corrected chi connectivity index (χ2v) is 7.42. The Balaban J connectivity index is 1.72. The summed E-state index contributed by atoms with van der Waals surface area (Å²) in [7, 11) is 1.42. The Kier molecular flexibility index (Phi) is 7.80. The van der Waals surface area contributed by atoms with Gasteiger partial charge in [-0.15, -0.1) is 0 Å². The fraction of sp³-hybridized carbons (Fsp3) is 0.333. The standard InChI is InChI=1S/C21H24ClN5O4/c1-3-18(28)25-16-9-4-5-10-17(16)31-20-15(22)12-23-21(26-20)24-14-8-6-7-13(11-14)19(29)27-30-2/h3-5,9-10,12-14H,1,6-8,11H2,2H3,(H,25,28)(H,27,29)(H,23,24,26). The summed E-state index contributed by atoms with van der Waals surface area (Å²) in [6.07, 6.45) is 5.82. The molecule has 0 bridgehead atoms. The number of carbonyl (C=O) groups excluding carboxylic acids is 2. The highest BCUT2D eigenvalue weighted by Gasteiger charge is 2.28. The predicted molar refractivity (Wildman–Crippen MR) is 117 cm³/mol. The van der Waals surface area contributed by atoms with E-state index in [2.05, 4.69) is 32.7 Å². The normalized spacial score (nSPS) is 18.0. The molecule has 1 fully saturated rings. The third-order valence-electron chi connectivity index (χ3n) is 4.83. The van der Waals surface area contributed by atoms with Gasteiger partial charge in [0.2, 0.25) is 23.6 Å². The van der Waals surface area contributed by atoms with Gasteiger partial charge in [-0.1, -0.05) is 36.7 Å². The van der Waals surface area contributed by atoms with E-state index in [9.17, 15) is 9.59 Å². The third-order valence-corrected chi connectivity index (χ3v) is 5.09. The summed E-state index contributed by atoms with van der Waals surface area (Å²) in [5, 5.41) is 6.15. The monoisotopic (exact) mass is 445 g/mol. The lowest BCUT2D eigenvalue weighted by atomic mass is 9.85. The largest absolute Gasteiger partial charge is 0.435 e. The summed E-state index contributed by atoms with van der Waals surface area (Å²) in [6, 6.07) is 6.93. The maximum Gasteiger partial charge on any atom is 0.247 e. The Morgan fingerprint density at radius 2 is 2.10 bits per heavy atom. The summed E-state index contributed by atoms with van der Waals surface area (Å²) in [6.45, 7) is 3.44. The van der Waals surface area contributed by atoms with Crippen molar-refractivity contribution in [1.82, 2.24) is 15.4 Å². The van der Waals surface area contributed by atoms with E-state index in [1.54, 1.807) is 24.3 Å². The maximum absolute atomic E-state index is 12.1. The van der Waals surface area contributed by atoms with Crippen molar-refractivity contribution in [3.05, 3.63) is 48.1 Å². The van der Waals surface area contributed by atoms with Gasteiger partial charge in [0.05, 0.1) is 19.0 Å². The van der Waals surface area contributed by atoms with Crippen LogP contribution < -0.4 is 20.9 Å². The van der Waals surface area contributed by atoms with E-state index in [0.29, 0.717) is 23.8 Å². The smallest absolute Gasteiger partial charge is 0.247 e. The van der Waals surface area contributed by atoms with Crippen LogP contribution in [0.2, 0.25) is 5.02 Å². The third kappa shape index (κ3) is 6.16. The Labute approximate surface area is 185 Å². The van der Waals surface area contributed by atoms with Crippen LogP contribution in [0.25, 0.3) is 0 Å². The molecule has 3 N–H and O–H groups in total. The van der Waals surface area contributed by atoms with E-state index in [-0.39, 0.29) is 34.7 Å². The quantitative estimate of drug-likeness (QED) is 0.419. The van der Waals surface area contributed by atoms with Crippen molar-refractivity contribution in [3.63, 3.8) is 0 Å². The molecule has 2 aromatic rings. The first-order valence-electron chi connectivity index (χ1n) is 9.82. The minimum Gasteiger partial charge on any atom is -0.435 e. The van der Waals surface area contributed by atoms with Crippen LogP contribution in [0.3, 0.4) is 0 Å². The van der Waals surface area contributed by atoms with Gasteiger partial charge in [-0.05, 0) is 37.5 Å². The van der Waals surface area contributed by atoms with Gasteiger partial charge in [-0.2, -0.15) is 4.98 Å². The fourth-order valence-corrected chi connectivity index (χ4v) is 3.49. The van der Waals surface area contributed by atoms with Crippen molar-refractivity contribution in [3.8, 4) is 11.6 Å². The second kappa shape index (κ2) is 10.7. The van der Waals surface area contributed by atoms with E-state index in [1.165, 1.54) is 19.4 Å². The van der Waals surface area contributed by atoms with Gasteiger partial charge >= 0.3 is 0 Å². The van der Waals surface area contributed by atoms with Gasteiger partial charge in [0.25, 0.3) is 0 Å². The first-order valence-corrected chi connectivity index (χ1v) is 10.2. The van der Waals surface area contributed by atoms with E-state index >= 15 is 0 Å². The van der Waals surface area contributed by atoms with Crippen LogP contribution in [0, 0.1) is 5.92 Å². The van der Waals surface area contributed by atoms with Gasteiger partial charge in [0, 0.05) is 12.0 Å². The summed E-state index contributed by atoms with van der Waals surface area (Å²) in [5.74, 6) is 0.214. The van der Waals surface area contributed by atoms with Gasteiger partial charge < -0.3 is 15.4 Å². The van der Waals surface area contributed by atoms with E-state index < -0.39 is 0 Å². The lowest BCUT2D eigenvalue weighted by Crippen LogP contribution is -2.37. The van der Waals surface area contributed by atoms with Crippen LogP contribution in [0.15, 0.2) is 43.1 Å². The summed E-state index contributed by atoms with van der Waals surface area (Å²) < 4.78 is 5.85. The molecule has 9 nitrogen and oxygen atoms in total. The molecule has 1 aromatic heterocycles. The number of ether oxygens (including phenoxy) is 1. The van der Waals surface area contributed by atoms with Crippen molar-refractivity contribution in [1.29, 1.82) is 0 Å². The number of anilines is 2. The van der Waals surface area contributed by atoms with Crippen LogP contribution >= 0.6 is 11.6 Å². The lowest BCUT2D eigenvalue weighted by Gasteiger charge is -2.28. The number of nitrogens with zero attached hydrogens (tertiary/aromatic N) is 2. The molecule has 2 atom stereocenters. The van der Waals surface area contributed by atoms with E-state index in [1.807, 2.05) is 0 Å². The Hall–Kier alpha value is -3.17. The summed E-state index contributed by atoms with van der Waals surface area (Å²) in [4.78, 5) is 37.0. The number of benzene rings is 1. The molecule has 3 rings (SSSR count). The fourth-order valence-electron chi connectivity index (χ4n) is 3.36. The molecule has 2 amide bonds. The van der Waals surface area contributed by atoms with Crippen LogP contribution in [-0.4, -0.2) is 34.9 Å². The minimum absolute atomic E-state index is 0.0227. The summed E-state index contributed by atoms with van der Waals surface area (Å²) >= 11 is 6.23. The zero-order chi connectivity index (χ0) is 22.2. The zero-order valence-electron chi connectivity index (χ0n) is 17.1. The molecule has 164 valence electrons. The van der Waals surface area contributed by atoms with Crippen molar-refractivity contribution in [2.75, 3.05) is 17.7 Å². The summed E-state index contributed by atoms with van der Waals surface area (Å²) in [5.41, 5.74) is 2.85. The highest BCUT2D eigenvalue weighted by molar-refractivity contribution is 6.31. The van der Waals surface area contributed by atoms with Crippen LogP contribution in [0.1, 0.15) is 25.7 Å². The molecule has 1 heterocycles. The molecular formula is C21H24ClN5O4. The van der Waals surface area contributed by atoms with Crippen molar-refractivity contribution in [2.24, 2.45) is 5.92 Å². The predicted octanol–water partition coefficient (Wildman–Crippen LogP) is 3.70. The molecule has 0 spiro atoms. The Bertz CT molecular complexity index is 955. The Morgan fingerprint density at radius 1 is 1.29 bits per heavy atom. The van der Waals surface area contributed by atoms with Gasteiger partial charge in [-0.25, -0.2) is 10.5 Å². The number of hydrogen-bond acceptors (Lipinski definition) is 7. The molecule has 1 saturated carbocycles. The molecule has 1 aliphatic carbocycles. The number of carbonyl (C=O) groups is 2.